The summed E-state index contributed by atoms with van der Waals surface area (Å²) < 4.78 is 0. The lowest BCUT2D eigenvalue weighted by molar-refractivity contribution is 0.186. The number of hydrogen-bond acceptors (Lipinski definition) is 1. The summed E-state index contributed by atoms with van der Waals surface area (Å²) in [6.07, 6.45) is 4.13. The van der Waals surface area contributed by atoms with E-state index < -0.39 is 0 Å². The second kappa shape index (κ2) is 6.24. The maximum Gasteiger partial charge on any atom is 0.0750 e. The van der Waals surface area contributed by atoms with E-state index in [0.717, 1.165) is 18.4 Å². The molecule has 0 saturated heterocycles. The topological polar surface area (TPSA) is 20.2 Å². The van der Waals surface area contributed by atoms with E-state index in [0.29, 0.717) is 5.92 Å². The van der Waals surface area contributed by atoms with Crippen LogP contribution in [0.3, 0.4) is 0 Å². The lowest BCUT2D eigenvalue weighted by Gasteiger charge is -2.16. The number of rotatable bonds is 6. The molecule has 1 N–H and O–H groups in total. The minimum Gasteiger partial charge on any atom is -0.389 e. The van der Waals surface area contributed by atoms with Gasteiger partial charge in [-0.05, 0) is 17.9 Å². The minimum atomic E-state index is -0.281. The molecule has 0 saturated carbocycles. The Hall–Kier alpha value is -0.300. The van der Waals surface area contributed by atoms with Gasteiger partial charge in [0.15, 0.2) is 0 Å². The van der Waals surface area contributed by atoms with Gasteiger partial charge >= 0.3 is 0 Å². The molecule has 0 radical (unpaired) electrons. The molecule has 1 heteroatoms. The van der Waals surface area contributed by atoms with E-state index in [2.05, 4.69) is 27.4 Å². The highest BCUT2D eigenvalue weighted by atomic mass is 16.3. The fourth-order valence-electron chi connectivity index (χ4n) is 1.16. The van der Waals surface area contributed by atoms with Crippen LogP contribution in [0.25, 0.3) is 0 Å². The van der Waals surface area contributed by atoms with Crippen molar-refractivity contribution in [2.75, 3.05) is 0 Å². The van der Waals surface area contributed by atoms with E-state index in [1.807, 2.05) is 0 Å². The van der Waals surface area contributed by atoms with Crippen LogP contribution in [-0.2, 0) is 0 Å². The van der Waals surface area contributed by atoms with Crippen LogP contribution in [0.4, 0.5) is 0 Å². The van der Waals surface area contributed by atoms with Gasteiger partial charge in [-0.2, -0.15) is 0 Å². The van der Waals surface area contributed by atoms with Crippen LogP contribution in [0.2, 0.25) is 0 Å². The van der Waals surface area contributed by atoms with E-state index in [1.54, 1.807) is 0 Å². The van der Waals surface area contributed by atoms with Crippen LogP contribution >= 0.6 is 0 Å². The molecule has 0 aromatic rings. The smallest absolute Gasteiger partial charge is 0.0750 e. The molecule has 0 bridgehead atoms. The zero-order chi connectivity index (χ0) is 9.56. The largest absolute Gasteiger partial charge is 0.389 e. The van der Waals surface area contributed by atoms with Gasteiger partial charge in [0, 0.05) is 0 Å². The van der Waals surface area contributed by atoms with Crippen molar-refractivity contribution in [2.24, 2.45) is 5.92 Å². The normalized spacial score (nSPS) is 13.4. The predicted molar refractivity (Wildman–Crippen MR) is 54.1 cm³/mol. The lowest BCUT2D eigenvalue weighted by atomic mass is 9.96. The van der Waals surface area contributed by atoms with Crippen molar-refractivity contribution in [1.29, 1.82) is 0 Å². The lowest BCUT2D eigenvalue weighted by Crippen LogP contribution is -2.13. The van der Waals surface area contributed by atoms with Gasteiger partial charge < -0.3 is 5.11 Å². The molecule has 0 unspecified atom stereocenters. The Kier molecular flexibility index (Phi) is 6.09. The van der Waals surface area contributed by atoms with E-state index in [1.165, 1.54) is 12.8 Å². The van der Waals surface area contributed by atoms with E-state index >= 15 is 0 Å². The molecular weight excluding hydrogens is 148 g/mol. The van der Waals surface area contributed by atoms with Crippen LogP contribution in [0.15, 0.2) is 12.2 Å². The first-order valence-corrected chi connectivity index (χ1v) is 4.96. The second-order valence-electron chi connectivity index (χ2n) is 3.74. The van der Waals surface area contributed by atoms with Crippen LogP contribution in [-0.4, -0.2) is 11.2 Å². The summed E-state index contributed by atoms with van der Waals surface area (Å²) in [5, 5.41) is 9.62. The summed E-state index contributed by atoms with van der Waals surface area (Å²) in [5.41, 5.74) is 0.978. The van der Waals surface area contributed by atoms with Gasteiger partial charge in [0.05, 0.1) is 6.10 Å². The van der Waals surface area contributed by atoms with Crippen LogP contribution in [0.5, 0.6) is 0 Å². The number of aliphatic hydroxyl groups excluding tert-OH is 1. The second-order valence-corrected chi connectivity index (χ2v) is 3.74. The summed E-state index contributed by atoms with van der Waals surface area (Å²) in [6, 6.07) is 0. The van der Waals surface area contributed by atoms with E-state index in [4.69, 9.17) is 0 Å². The zero-order valence-corrected chi connectivity index (χ0v) is 8.64. The number of hydrogen-bond donors (Lipinski definition) is 1. The van der Waals surface area contributed by atoms with Gasteiger partial charge in [0.1, 0.15) is 0 Å². The molecule has 0 spiro atoms. The molecule has 0 rings (SSSR count). The summed E-state index contributed by atoms with van der Waals surface area (Å²) in [6.45, 7) is 10.2. The third-order valence-corrected chi connectivity index (χ3v) is 2.25. The Morgan fingerprint density at radius 3 is 2.33 bits per heavy atom. The highest BCUT2D eigenvalue weighted by Crippen LogP contribution is 2.16. The van der Waals surface area contributed by atoms with E-state index in [-0.39, 0.29) is 6.10 Å². The third-order valence-electron chi connectivity index (χ3n) is 2.25. The average Bonchev–Trinajstić information content (AvgIpc) is 2.03. The van der Waals surface area contributed by atoms with Gasteiger partial charge in [-0.25, -0.2) is 0 Å². The van der Waals surface area contributed by atoms with Crippen LogP contribution < -0.4 is 0 Å². The maximum absolute atomic E-state index is 9.62. The Morgan fingerprint density at radius 1 is 1.33 bits per heavy atom. The highest BCUT2D eigenvalue weighted by molar-refractivity contribution is 5.04. The number of aliphatic hydroxyl groups is 1. The van der Waals surface area contributed by atoms with Gasteiger partial charge in [0.2, 0.25) is 0 Å². The van der Waals surface area contributed by atoms with Crippen molar-refractivity contribution >= 4 is 0 Å². The molecule has 0 aliphatic carbocycles. The van der Waals surface area contributed by atoms with Crippen LogP contribution in [0, 0.1) is 5.92 Å². The fraction of sp³-hybridized carbons (Fsp3) is 0.818. The Labute approximate surface area is 76.5 Å². The first-order valence-electron chi connectivity index (χ1n) is 4.96. The molecular formula is C11H22O. The van der Waals surface area contributed by atoms with Gasteiger partial charge in [-0.1, -0.05) is 46.6 Å². The Balaban J connectivity index is 3.57. The van der Waals surface area contributed by atoms with Crippen molar-refractivity contribution in [3.8, 4) is 0 Å². The fourth-order valence-corrected chi connectivity index (χ4v) is 1.16. The molecule has 0 fully saturated rings. The monoisotopic (exact) mass is 170 g/mol. The summed E-state index contributed by atoms with van der Waals surface area (Å²) in [5.74, 6) is 0.404. The molecule has 0 aliphatic heterocycles. The molecule has 0 aromatic carbocycles. The summed E-state index contributed by atoms with van der Waals surface area (Å²) >= 11 is 0. The molecule has 0 amide bonds. The van der Waals surface area contributed by atoms with Crippen molar-refractivity contribution < 1.29 is 5.11 Å². The maximum atomic E-state index is 9.62. The van der Waals surface area contributed by atoms with Gasteiger partial charge in [-0.15, -0.1) is 0 Å². The van der Waals surface area contributed by atoms with E-state index in [9.17, 15) is 5.11 Å². The minimum absolute atomic E-state index is 0.281. The molecule has 1 nitrogen and oxygen atoms in total. The molecule has 0 aliphatic rings. The average molecular weight is 170 g/mol. The summed E-state index contributed by atoms with van der Waals surface area (Å²) in [4.78, 5) is 0. The van der Waals surface area contributed by atoms with Crippen molar-refractivity contribution in [3.05, 3.63) is 12.2 Å². The predicted octanol–water partition coefficient (Wildman–Crippen LogP) is 3.14. The molecule has 12 heavy (non-hydrogen) atoms. The summed E-state index contributed by atoms with van der Waals surface area (Å²) in [7, 11) is 0. The quantitative estimate of drug-likeness (QED) is 0.479. The zero-order valence-electron chi connectivity index (χ0n) is 8.64. The first-order chi connectivity index (χ1) is 5.59. The van der Waals surface area contributed by atoms with Gasteiger partial charge in [-0.3, -0.25) is 0 Å². The molecule has 72 valence electrons. The van der Waals surface area contributed by atoms with Crippen molar-refractivity contribution in [3.63, 3.8) is 0 Å². The third kappa shape index (κ3) is 4.55. The van der Waals surface area contributed by atoms with Crippen molar-refractivity contribution in [1.82, 2.24) is 0 Å². The molecule has 0 aromatic heterocycles. The molecule has 0 heterocycles. The van der Waals surface area contributed by atoms with Crippen molar-refractivity contribution in [2.45, 2.75) is 52.6 Å². The highest BCUT2D eigenvalue weighted by Gasteiger charge is 2.10. The Bertz CT molecular complexity index is 127. The standard InChI is InChI=1S/C11H22O/c1-5-6-7-8-11(12)10(4)9(2)3/h9,11-12H,4-8H2,1-3H3/t11-/m1/s1. The Morgan fingerprint density at radius 2 is 1.92 bits per heavy atom. The molecule has 1 atom stereocenters. The first kappa shape index (κ1) is 11.7. The SMILES string of the molecule is C=C(C(C)C)[C@H](O)CCCCC. The number of unbranched alkanes of at least 4 members (excludes halogenated alkanes) is 2. The van der Waals surface area contributed by atoms with Gasteiger partial charge in [0.25, 0.3) is 0 Å². The van der Waals surface area contributed by atoms with Crippen LogP contribution in [0.1, 0.15) is 46.5 Å².